The molecule has 1 aromatic rings. The summed E-state index contributed by atoms with van der Waals surface area (Å²) < 4.78 is 5.39. The van der Waals surface area contributed by atoms with Crippen molar-refractivity contribution in [2.24, 2.45) is 0 Å². The Hall–Kier alpha value is -1.07. The van der Waals surface area contributed by atoms with Crippen LogP contribution in [0.25, 0.3) is 0 Å². The second-order valence-electron chi connectivity index (χ2n) is 5.70. The fourth-order valence-corrected chi connectivity index (χ4v) is 2.16. The van der Waals surface area contributed by atoms with E-state index in [1.807, 2.05) is 20.8 Å². The quantitative estimate of drug-likeness (QED) is 0.821. The minimum absolute atomic E-state index is 0. The normalized spacial score (nSPS) is 19.6. The van der Waals surface area contributed by atoms with E-state index in [0.29, 0.717) is 5.56 Å². The Morgan fingerprint density at radius 3 is 2.74 bits per heavy atom. The molecule has 1 aliphatic rings. The fourth-order valence-electron chi connectivity index (χ4n) is 2.16. The summed E-state index contributed by atoms with van der Waals surface area (Å²) in [5, 5.41) is 10.3. The van der Waals surface area contributed by atoms with Crippen LogP contribution in [0.2, 0.25) is 0 Å². The Morgan fingerprint density at radius 2 is 2.16 bits per heavy atom. The van der Waals surface area contributed by atoms with Crippen molar-refractivity contribution >= 4 is 18.4 Å². The zero-order valence-corrected chi connectivity index (χ0v) is 12.5. The molecule has 1 fully saturated rings. The Bertz CT molecular complexity index is 420. The van der Waals surface area contributed by atoms with Gasteiger partial charge in [-0.15, -0.1) is 12.4 Å². The first-order valence-corrected chi connectivity index (χ1v) is 6.47. The maximum absolute atomic E-state index is 12.1. The molecule has 0 spiro atoms. The van der Waals surface area contributed by atoms with Crippen LogP contribution in [0.4, 0.5) is 0 Å². The first-order chi connectivity index (χ1) is 8.47. The zero-order chi connectivity index (χ0) is 13.2. The van der Waals surface area contributed by atoms with Crippen LogP contribution < -0.4 is 5.32 Å². The number of aromatic nitrogens is 2. The summed E-state index contributed by atoms with van der Waals surface area (Å²) in [5.41, 5.74) is 0.916. The number of carbonyl (C=O) groups excluding carboxylic acids is 1. The number of rotatable bonds is 2. The van der Waals surface area contributed by atoms with Crippen LogP contribution in [-0.4, -0.2) is 28.3 Å². The molecule has 0 amide bonds. The molecule has 0 aliphatic carbocycles. The third-order valence-electron chi connectivity index (χ3n) is 2.95. The number of halogens is 1. The van der Waals surface area contributed by atoms with Crippen molar-refractivity contribution in [2.45, 2.75) is 51.7 Å². The van der Waals surface area contributed by atoms with E-state index in [1.54, 1.807) is 6.20 Å². The highest BCUT2D eigenvalue weighted by atomic mass is 35.5. The first kappa shape index (κ1) is 16.0. The Morgan fingerprint density at radius 1 is 1.42 bits per heavy atom. The van der Waals surface area contributed by atoms with Crippen LogP contribution in [0.5, 0.6) is 0 Å². The lowest BCUT2D eigenvalue weighted by Gasteiger charge is -2.24. The van der Waals surface area contributed by atoms with Crippen molar-refractivity contribution in [3.05, 3.63) is 17.5 Å². The van der Waals surface area contributed by atoms with Crippen molar-refractivity contribution in [3.63, 3.8) is 0 Å². The van der Waals surface area contributed by atoms with E-state index < -0.39 is 5.60 Å². The molecule has 5 nitrogen and oxygen atoms in total. The smallest absolute Gasteiger partial charge is 0.342 e. The van der Waals surface area contributed by atoms with Gasteiger partial charge in [0.2, 0.25) is 0 Å². The molecule has 1 aromatic heterocycles. The summed E-state index contributed by atoms with van der Waals surface area (Å²) >= 11 is 0. The molecule has 19 heavy (non-hydrogen) atoms. The van der Waals surface area contributed by atoms with Crippen LogP contribution >= 0.6 is 12.4 Å². The van der Waals surface area contributed by atoms with E-state index in [-0.39, 0.29) is 24.4 Å². The van der Waals surface area contributed by atoms with Crippen LogP contribution in [0.15, 0.2) is 6.20 Å². The van der Waals surface area contributed by atoms with Gasteiger partial charge in [0.1, 0.15) is 11.2 Å². The number of piperidine rings is 1. The summed E-state index contributed by atoms with van der Waals surface area (Å²) in [5.74, 6) is -0.307. The van der Waals surface area contributed by atoms with Gasteiger partial charge < -0.3 is 10.1 Å². The van der Waals surface area contributed by atoms with E-state index in [0.717, 1.165) is 18.7 Å². The monoisotopic (exact) mass is 287 g/mol. The summed E-state index contributed by atoms with van der Waals surface area (Å²) in [6.45, 7) is 6.58. The number of hydrogen-bond donors (Lipinski definition) is 2. The minimum Gasteiger partial charge on any atom is -0.456 e. The first-order valence-electron chi connectivity index (χ1n) is 6.47. The maximum Gasteiger partial charge on any atom is 0.342 e. The number of hydrogen-bond acceptors (Lipinski definition) is 4. The summed E-state index contributed by atoms with van der Waals surface area (Å²) in [7, 11) is 0. The standard InChI is InChI=1S/C13H21N3O2.ClH/c1-13(2,3)18-12(17)9-8-15-16-11(9)10-6-4-5-7-14-10;/h8,10,14H,4-7H2,1-3H3,(H,15,16);1H. The van der Waals surface area contributed by atoms with Gasteiger partial charge in [-0.05, 0) is 40.2 Å². The summed E-state index contributed by atoms with van der Waals surface area (Å²) in [4.78, 5) is 12.1. The Kier molecular flexibility index (Phi) is 5.38. The molecule has 2 heterocycles. The highest BCUT2D eigenvalue weighted by molar-refractivity contribution is 5.90. The third kappa shape index (κ3) is 4.21. The minimum atomic E-state index is -0.481. The SMILES string of the molecule is CC(C)(C)OC(=O)c1cn[nH]c1C1CCCCN1.Cl. The molecule has 1 unspecified atom stereocenters. The number of esters is 1. The molecule has 0 bridgehead atoms. The van der Waals surface area contributed by atoms with Crippen molar-refractivity contribution < 1.29 is 9.53 Å². The Balaban J connectivity index is 0.00000180. The van der Waals surface area contributed by atoms with Gasteiger partial charge in [0, 0.05) is 6.04 Å². The van der Waals surface area contributed by atoms with Gasteiger partial charge in [-0.2, -0.15) is 5.10 Å². The van der Waals surface area contributed by atoms with Crippen LogP contribution in [0.3, 0.4) is 0 Å². The number of carbonyl (C=O) groups is 1. The number of ether oxygens (including phenoxy) is 1. The van der Waals surface area contributed by atoms with Gasteiger partial charge in [0.15, 0.2) is 0 Å². The van der Waals surface area contributed by atoms with Crippen molar-refractivity contribution in [1.29, 1.82) is 0 Å². The molecule has 1 atom stereocenters. The Labute approximate surface area is 119 Å². The summed E-state index contributed by atoms with van der Waals surface area (Å²) in [6.07, 6.45) is 4.94. The lowest BCUT2D eigenvalue weighted by Crippen LogP contribution is -2.29. The van der Waals surface area contributed by atoms with Gasteiger partial charge >= 0.3 is 5.97 Å². The van der Waals surface area contributed by atoms with Gasteiger partial charge in [0.05, 0.1) is 11.9 Å². The van der Waals surface area contributed by atoms with E-state index in [9.17, 15) is 4.79 Å². The van der Waals surface area contributed by atoms with E-state index >= 15 is 0 Å². The number of H-pyrrole nitrogens is 1. The molecule has 6 heteroatoms. The average Bonchev–Trinajstić information content (AvgIpc) is 2.76. The second kappa shape index (κ2) is 6.39. The van der Waals surface area contributed by atoms with Gasteiger partial charge in [-0.3, -0.25) is 5.10 Å². The number of aromatic amines is 1. The van der Waals surface area contributed by atoms with Crippen molar-refractivity contribution in [2.75, 3.05) is 6.54 Å². The molecule has 1 aliphatic heterocycles. The molecular formula is C13H22ClN3O2. The van der Waals surface area contributed by atoms with E-state index in [2.05, 4.69) is 15.5 Å². The van der Waals surface area contributed by atoms with E-state index in [4.69, 9.17) is 4.74 Å². The van der Waals surface area contributed by atoms with Crippen LogP contribution in [0, 0.1) is 0 Å². The molecule has 2 N–H and O–H groups in total. The fraction of sp³-hybridized carbons (Fsp3) is 0.692. The topological polar surface area (TPSA) is 67.0 Å². The highest BCUT2D eigenvalue weighted by Gasteiger charge is 2.26. The molecular weight excluding hydrogens is 266 g/mol. The average molecular weight is 288 g/mol. The predicted molar refractivity (Wildman–Crippen MR) is 75.6 cm³/mol. The summed E-state index contributed by atoms with van der Waals surface area (Å²) in [6, 6.07) is 0.184. The lowest BCUT2D eigenvalue weighted by atomic mass is 9.99. The molecule has 0 aromatic carbocycles. The van der Waals surface area contributed by atoms with E-state index in [1.165, 1.54) is 12.8 Å². The predicted octanol–water partition coefficient (Wildman–Crippen LogP) is 2.60. The molecule has 2 rings (SSSR count). The van der Waals surface area contributed by atoms with Crippen molar-refractivity contribution in [1.82, 2.24) is 15.5 Å². The molecule has 108 valence electrons. The van der Waals surface area contributed by atoms with Crippen LogP contribution in [-0.2, 0) is 4.74 Å². The van der Waals surface area contributed by atoms with Crippen LogP contribution in [0.1, 0.15) is 62.1 Å². The lowest BCUT2D eigenvalue weighted by molar-refractivity contribution is 0.00674. The van der Waals surface area contributed by atoms with Gasteiger partial charge in [-0.25, -0.2) is 4.79 Å². The molecule has 0 saturated carbocycles. The number of nitrogens with zero attached hydrogens (tertiary/aromatic N) is 1. The molecule has 0 radical (unpaired) electrons. The third-order valence-corrected chi connectivity index (χ3v) is 2.95. The number of nitrogens with one attached hydrogen (secondary N) is 2. The second-order valence-corrected chi connectivity index (χ2v) is 5.70. The highest BCUT2D eigenvalue weighted by Crippen LogP contribution is 2.25. The largest absolute Gasteiger partial charge is 0.456 e. The van der Waals surface area contributed by atoms with Gasteiger partial charge in [0.25, 0.3) is 0 Å². The molecule has 1 saturated heterocycles. The van der Waals surface area contributed by atoms with Gasteiger partial charge in [-0.1, -0.05) is 6.42 Å². The van der Waals surface area contributed by atoms with Crippen molar-refractivity contribution in [3.8, 4) is 0 Å². The maximum atomic E-state index is 12.1. The zero-order valence-electron chi connectivity index (χ0n) is 11.7.